The molecule has 0 fully saturated rings. The molecule has 4 rings (SSSR count). The lowest BCUT2D eigenvalue weighted by Gasteiger charge is -2.10. The van der Waals surface area contributed by atoms with Gasteiger partial charge in [0, 0.05) is 26.6 Å². The molecule has 30 heavy (non-hydrogen) atoms. The molecule has 0 bridgehead atoms. The van der Waals surface area contributed by atoms with E-state index in [0.717, 1.165) is 33.5 Å². The Kier molecular flexibility index (Phi) is 6.22. The van der Waals surface area contributed by atoms with Gasteiger partial charge in [0.1, 0.15) is 23.6 Å². The van der Waals surface area contributed by atoms with Crippen LogP contribution in [-0.2, 0) is 6.61 Å². The van der Waals surface area contributed by atoms with Crippen LogP contribution in [0.4, 0.5) is 0 Å². The van der Waals surface area contributed by atoms with Gasteiger partial charge in [-0.25, -0.2) is 4.98 Å². The number of hydrogen-bond donors (Lipinski definition) is 0. The molecule has 5 heteroatoms. The number of fused-ring (bicyclic) bond motifs is 1. The van der Waals surface area contributed by atoms with Crippen molar-refractivity contribution in [2.24, 2.45) is 0 Å². The average molecular weight is 436 g/mol. The predicted octanol–water partition coefficient (Wildman–Crippen LogP) is 7.30. The van der Waals surface area contributed by atoms with Crippen LogP contribution >= 0.6 is 23.2 Å². The van der Waals surface area contributed by atoms with E-state index in [1.807, 2.05) is 78.9 Å². The molecule has 0 atom stereocenters. The number of rotatable bonds is 6. The SMILES string of the molecule is COc1ccc(Cl)cc1/C=C/c1ccc2cccc(OCc3ccccc3Cl)c2n1. The number of benzene rings is 3. The molecule has 0 saturated carbocycles. The van der Waals surface area contributed by atoms with E-state index < -0.39 is 0 Å². The Morgan fingerprint density at radius 1 is 0.867 bits per heavy atom. The van der Waals surface area contributed by atoms with Gasteiger partial charge >= 0.3 is 0 Å². The van der Waals surface area contributed by atoms with Crippen molar-refractivity contribution >= 4 is 46.3 Å². The molecule has 0 radical (unpaired) electrons. The Morgan fingerprint density at radius 2 is 1.73 bits per heavy atom. The second kappa shape index (κ2) is 9.21. The van der Waals surface area contributed by atoms with Crippen LogP contribution in [0.25, 0.3) is 23.1 Å². The summed E-state index contributed by atoms with van der Waals surface area (Å²) >= 11 is 12.4. The maximum absolute atomic E-state index is 6.24. The van der Waals surface area contributed by atoms with Gasteiger partial charge in [0.05, 0.1) is 12.8 Å². The fourth-order valence-corrected chi connectivity index (χ4v) is 3.50. The third kappa shape index (κ3) is 4.59. The number of methoxy groups -OCH3 is 1. The molecular weight excluding hydrogens is 417 g/mol. The van der Waals surface area contributed by atoms with E-state index in [2.05, 4.69) is 0 Å². The monoisotopic (exact) mass is 435 g/mol. The summed E-state index contributed by atoms with van der Waals surface area (Å²) in [6.45, 7) is 0.375. The first kappa shape index (κ1) is 20.3. The van der Waals surface area contributed by atoms with Gasteiger partial charge in [-0.2, -0.15) is 0 Å². The Hall–Kier alpha value is -3.01. The van der Waals surface area contributed by atoms with Crippen molar-refractivity contribution in [3.05, 3.63) is 99.7 Å². The lowest BCUT2D eigenvalue weighted by molar-refractivity contribution is 0.309. The third-order valence-electron chi connectivity index (χ3n) is 4.67. The minimum Gasteiger partial charge on any atom is -0.496 e. The molecule has 1 heterocycles. The van der Waals surface area contributed by atoms with Crippen LogP contribution in [0.1, 0.15) is 16.8 Å². The van der Waals surface area contributed by atoms with E-state index in [1.165, 1.54) is 0 Å². The van der Waals surface area contributed by atoms with Crippen LogP contribution in [0.15, 0.2) is 72.8 Å². The Balaban J connectivity index is 1.63. The van der Waals surface area contributed by atoms with E-state index in [9.17, 15) is 0 Å². The Bertz CT molecular complexity index is 1220. The van der Waals surface area contributed by atoms with Gasteiger partial charge in [-0.1, -0.05) is 59.6 Å². The van der Waals surface area contributed by atoms with Crippen molar-refractivity contribution in [3.8, 4) is 11.5 Å². The topological polar surface area (TPSA) is 31.4 Å². The molecule has 0 spiro atoms. The summed E-state index contributed by atoms with van der Waals surface area (Å²) in [5.74, 6) is 1.46. The molecule has 0 aliphatic carbocycles. The zero-order chi connectivity index (χ0) is 20.9. The number of para-hydroxylation sites is 1. The maximum atomic E-state index is 6.24. The number of ether oxygens (including phenoxy) is 2. The highest BCUT2D eigenvalue weighted by Gasteiger charge is 2.07. The summed E-state index contributed by atoms with van der Waals surface area (Å²) in [5.41, 5.74) is 3.42. The normalized spacial score (nSPS) is 11.2. The number of nitrogens with zero attached hydrogens (tertiary/aromatic N) is 1. The highest BCUT2D eigenvalue weighted by Crippen LogP contribution is 2.28. The molecule has 0 amide bonds. The van der Waals surface area contributed by atoms with E-state index in [1.54, 1.807) is 13.2 Å². The van der Waals surface area contributed by atoms with Crippen molar-refractivity contribution in [1.82, 2.24) is 4.98 Å². The Morgan fingerprint density at radius 3 is 2.57 bits per heavy atom. The van der Waals surface area contributed by atoms with E-state index in [4.69, 9.17) is 37.7 Å². The van der Waals surface area contributed by atoms with E-state index in [0.29, 0.717) is 22.4 Å². The van der Waals surface area contributed by atoms with Crippen LogP contribution in [0.3, 0.4) is 0 Å². The highest BCUT2D eigenvalue weighted by atomic mass is 35.5. The summed E-state index contributed by atoms with van der Waals surface area (Å²) in [6, 6.07) is 23.0. The second-order valence-electron chi connectivity index (χ2n) is 6.66. The highest BCUT2D eigenvalue weighted by molar-refractivity contribution is 6.31. The largest absolute Gasteiger partial charge is 0.496 e. The second-order valence-corrected chi connectivity index (χ2v) is 7.51. The number of pyridine rings is 1. The summed E-state index contributed by atoms with van der Waals surface area (Å²) < 4.78 is 11.4. The van der Waals surface area contributed by atoms with E-state index in [-0.39, 0.29) is 0 Å². The zero-order valence-corrected chi connectivity index (χ0v) is 17.8. The number of halogens is 2. The lowest BCUT2D eigenvalue weighted by atomic mass is 10.1. The molecule has 0 N–H and O–H groups in total. The van der Waals surface area contributed by atoms with E-state index >= 15 is 0 Å². The molecule has 0 aliphatic heterocycles. The molecule has 0 unspecified atom stereocenters. The average Bonchev–Trinajstić information content (AvgIpc) is 2.77. The first-order chi connectivity index (χ1) is 14.6. The first-order valence-electron chi connectivity index (χ1n) is 9.41. The van der Waals surface area contributed by atoms with Crippen molar-refractivity contribution in [1.29, 1.82) is 0 Å². The predicted molar refractivity (Wildman–Crippen MR) is 124 cm³/mol. The van der Waals surface area contributed by atoms with Gasteiger partial charge in [0.2, 0.25) is 0 Å². The first-order valence-corrected chi connectivity index (χ1v) is 10.2. The zero-order valence-electron chi connectivity index (χ0n) is 16.3. The molecule has 1 aromatic heterocycles. The van der Waals surface area contributed by atoms with Crippen molar-refractivity contribution in [2.45, 2.75) is 6.61 Å². The quantitative estimate of drug-likeness (QED) is 0.318. The fourth-order valence-electron chi connectivity index (χ4n) is 3.13. The van der Waals surface area contributed by atoms with Gasteiger partial charge in [-0.15, -0.1) is 0 Å². The molecule has 3 nitrogen and oxygen atoms in total. The molecule has 0 saturated heterocycles. The fraction of sp³-hybridized carbons (Fsp3) is 0.0800. The van der Waals surface area contributed by atoms with Gasteiger partial charge in [0.15, 0.2) is 0 Å². The summed E-state index contributed by atoms with van der Waals surface area (Å²) in [4.78, 5) is 4.78. The summed E-state index contributed by atoms with van der Waals surface area (Å²) in [6.07, 6.45) is 3.87. The maximum Gasteiger partial charge on any atom is 0.146 e. The number of aromatic nitrogens is 1. The van der Waals surface area contributed by atoms with Crippen LogP contribution in [0.2, 0.25) is 10.0 Å². The van der Waals surface area contributed by atoms with Crippen LogP contribution in [0.5, 0.6) is 11.5 Å². The lowest BCUT2D eigenvalue weighted by Crippen LogP contribution is -1.98. The van der Waals surface area contributed by atoms with Gasteiger partial charge in [-0.3, -0.25) is 0 Å². The minimum absolute atomic E-state index is 0.375. The standard InChI is InChI=1S/C25H19Cl2NO2/c1-29-23-14-11-20(26)15-18(23)10-13-21-12-9-17-6-4-8-24(25(17)28-21)30-16-19-5-2-3-7-22(19)27/h2-15H,16H2,1H3/b13-10+. The van der Waals surface area contributed by atoms with Crippen LogP contribution < -0.4 is 9.47 Å². The van der Waals surface area contributed by atoms with Crippen molar-refractivity contribution in [2.75, 3.05) is 7.11 Å². The van der Waals surface area contributed by atoms with Crippen LogP contribution in [-0.4, -0.2) is 12.1 Å². The summed E-state index contributed by atoms with van der Waals surface area (Å²) in [5, 5.41) is 2.34. The molecule has 3 aromatic carbocycles. The van der Waals surface area contributed by atoms with Gasteiger partial charge in [-0.05, 0) is 48.6 Å². The molecule has 4 aromatic rings. The Labute approximate surface area is 185 Å². The van der Waals surface area contributed by atoms with Crippen LogP contribution in [0, 0.1) is 0 Å². The minimum atomic E-state index is 0.375. The van der Waals surface area contributed by atoms with Gasteiger partial charge < -0.3 is 9.47 Å². The third-order valence-corrected chi connectivity index (χ3v) is 5.28. The van der Waals surface area contributed by atoms with Crippen molar-refractivity contribution < 1.29 is 9.47 Å². The van der Waals surface area contributed by atoms with Crippen molar-refractivity contribution in [3.63, 3.8) is 0 Å². The smallest absolute Gasteiger partial charge is 0.146 e. The molecule has 150 valence electrons. The molecular formula is C25H19Cl2NO2. The summed E-state index contributed by atoms with van der Waals surface area (Å²) in [7, 11) is 1.64. The number of hydrogen-bond acceptors (Lipinski definition) is 3. The van der Waals surface area contributed by atoms with Gasteiger partial charge in [0.25, 0.3) is 0 Å². The molecule has 0 aliphatic rings.